The number of aromatic nitrogens is 2. The minimum atomic E-state index is -0.130. The van der Waals surface area contributed by atoms with E-state index in [4.69, 9.17) is 9.72 Å². The number of benzene rings is 1. The number of thioether (sulfide) groups is 1. The number of carbonyl (C=O) groups is 1. The number of carbonyl (C=O) groups excluding carboxylic acids is 1. The fourth-order valence-electron chi connectivity index (χ4n) is 2.93. The van der Waals surface area contributed by atoms with Crippen LogP contribution in [0.4, 0.5) is 5.69 Å². The molecule has 2 aromatic heterocycles. The van der Waals surface area contributed by atoms with Gasteiger partial charge in [0.2, 0.25) is 5.91 Å². The summed E-state index contributed by atoms with van der Waals surface area (Å²) in [4.78, 5) is 32.0. The summed E-state index contributed by atoms with van der Waals surface area (Å²) in [5.74, 6) is 0.0525. The van der Waals surface area contributed by atoms with Crippen molar-refractivity contribution in [3.8, 4) is 0 Å². The quantitative estimate of drug-likeness (QED) is 0.312. The molecule has 0 spiro atoms. The average Bonchev–Trinajstić information content (AvgIpc) is 2.99. The Morgan fingerprint density at radius 2 is 2.03 bits per heavy atom. The second-order valence-electron chi connectivity index (χ2n) is 6.57. The maximum absolute atomic E-state index is 13.2. The maximum atomic E-state index is 13.2. The Labute approximate surface area is 178 Å². The Hall–Kier alpha value is -2.16. The van der Waals surface area contributed by atoms with Gasteiger partial charge in [-0.2, -0.15) is 0 Å². The molecule has 2 heterocycles. The molecule has 8 heteroatoms. The zero-order valence-corrected chi connectivity index (χ0v) is 18.5. The van der Waals surface area contributed by atoms with Crippen molar-refractivity contribution in [1.82, 2.24) is 9.55 Å². The molecule has 1 amide bonds. The van der Waals surface area contributed by atoms with Crippen molar-refractivity contribution in [3.63, 3.8) is 0 Å². The lowest BCUT2D eigenvalue weighted by Gasteiger charge is -2.12. The number of aryl methyl sites for hydroxylation is 2. The predicted molar refractivity (Wildman–Crippen MR) is 120 cm³/mol. The molecule has 3 aromatic rings. The number of amides is 1. The van der Waals surface area contributed by atoms with Gasteiger partial charge in [0.05, 0.1) is 11.1 Å². The molecule has 0 radical (unpaired) electrons. The first-order valence-electron chi connectivity index (χ1n) is 9.57. The van der Waals surface area contributed by atoms with Crippen LogP contribution in [0.1, 0.15) is 23.8 Å². The van der Waals surface area contributed by atoms with Crippen molar-refractivity contribution in [1.29, 1.82) is 0 Å². The number of rotatable bonds is 9. The smallest absolute Gasteiger partial charge is 0.263 e. The van der Waals surface area contributed by atoms with Crippen molar-refractivity contribution in [3.05, 3.63) is 51.1 Å². The zero-order valence-electron chi connectivity index (χ0n) is 16.9. The van der Waals surface area contributed by atoms with E-state index in [0.29, 0.717) is 36.7 Å². The molecule has 0 saturated carbocycles. The molecule has 1 aromatic carbocycles. The van der Waals surface area contributed by atoms with Crippen molar-refractivity contribution < 1.29 is 9.53 Å². The Balaban J connectivity index is 1.82. The van der Waals surface area contributed by atoms with Gasteiger partial charge in [-0.1, -0.05) is 30.0 Å². The lowest BCUT2D eigenvalue weighted by atomic mass is 10.2. The fourth-order valence-corrected chi connectivity index (χ4v) is 4.83. The maximum Gasteiger partial charge on any atom is 0.263 e. The van der Waals surface area contributed by atoms with E-state index in [-0.39, 0.29) is 17.2 Å². The van der Waals surface area contributed by atoms with Gasteiger partial charge in [0.25, 0.3) is 5.56 Å². The predicted octanol–water partition coefficient (Wildman–Crippen LogP) is 4.23. The number of hydrogen-bond acceptors (Lipinski definition) is 6. The minimum absolute atomic E-state index is 0.0423. The third-order valence-electron chi connectivity index (χ3n) is 4.52. The van der Waals surface area contributed by atoms with Gasteiger partial charge in [-0.05, 0) is 44.9 Å². The molecule has 1 N–H and O–H groups in total. The van der Waals surface area contributed by atoms with E-state index in [2.05, 4.69) is 5.32 Å². The lowest BCUT2D eigenvalue weighted by molar-refractivity contribution is -0.113. The second kappa shape index (κ2) is 10.0. The number of anilines is 1. The van der Waals surface area contributed by atoms with Crippen LogP contribution in [-0.4, -0.2) is 34.4 Å². The summed E-state index contributed by atoms with van der Waals surface area (Å²) in [7, 11) is 0. The number of para-hydroxylation sites is 1. The molecule has 0 unspecified atom stereocenters. The fraction of sp³-hybridized carbons (Fsp3) is 0.381. The van der Waals surface area contributed by atoms with Gasteiger partial charge in [0.1, 0.15) is 4.83 Å². The number of fused-ring (bicyclic) bond motifs is 1. The number of hydrogen-bond donors (Lipinski definition) is 1. The van der Waals surface area contributed by atoms with E-state index in [9.17, 15) is 9.59 Å². The van der Waals surface area contributed by atoms with E-state index >= 15 is 0 Å². The van der Waals surface area contributed by atoms with Crippen LogP contribution < -0.4 is 10.9 Å². The number of nitrogens with zero attached hydrogens (tertiary/aromatic N) is 2. The zero-order chi connectivity index (χ0) is 20.8. The van der Waals surface area contributed by atoms with Crippen LogP contribution in [-0.2, 0) is 16.1 Å². The Bertz CT molecular complexity index is 1040. The summed E-state index contributed by atoms with van der Waals surface area (Å²) in [6.45, 7) is 7.66. The molecule has 154 valence electrons. The molecule has 0 atom stereocenters. The van der Waals surface area contributed by atoms with Crippen molar-refractivity contribution in [2.75, 3.05) is 24.3 Å². The van der Waals surface area contributed by atoms with Crippen LogP contribution in [0.2, 0.25) is 0 Å². The van der Waals surface area contributed by atoms with E-state index in [1.165, 1.54) is 23.1 Å². The summed E-state index contributed by atoms with van der Waals surface area (Å²) < 4.78 is 7.09. The first kappa shape index (κ1) is 21.5. The SMILES string of the molecule is CCOCCCn1c(SCC(=O)Nc2ccccc2)nc2sc(C)c(C)c2c1=O. The summed E-state index contributed by atoms with van der Waals surface area (Å²) in [6.07, 6.45) is 0.715. The molecule has 3 rings (SSSR count). The molecule has 0 fully saturated rings. The van der Waals surface area contributed by atoms with Crippen LogP contribution >= 0.6 is 23.1 Å². The molecule has 0 aliphatic rings. The van der Waals surface area contributed by atoms with Crippen molar-refractivity contribution in [2.45, 2.75) is 38.9 Å². The molecule has 0 aliphatic carbocycles. The normalized spacial score (nSPS) is 11.1. The topological polar surface area (TPSA) is 73.2 Å². The summed E-state index contributed by atoms with van der Waals surface area (Å²) in [6, 6.07) is 9.32. The van der Waals surface area contributed by atoms with Crippen molar-refractivity contribution in [2.24, 2.45) is 0 Å². The van der Waals surface area contributed by atoms with Crippen LogP contribution in [0.5, 0.6) is 0 Å². The first-order chi connectivity index (χ1) is 14.0. The van der Waals surface area contributed by atoms with E-state index in [1.54, 1.807) is 4.57 Å². The average molecular weight is 432 g/mol. The second-order valence-corrected chi connectivity index (χ2v) is 8.71. The lowest BCUT2D eigenvalue weighted by Crippen LogP contribution is -2.25. The van der Waals surface area contributed by atoms with Gasteiger partial charge in [-0.15, -0.1) is 11.3 Å². The first-order valence-corrected chi connectivity index (χ1v) is 11.4. The van der Waals surface area contributed by atoms with Crippen LogP contribution in [0.3, 0.4) is 0 Å². The largest absolute Gasteiger partial charge is 0.382 e. The van der Waals surface area contributed by atoms with E-state index in [0.717, 1.165) is 21.0 Å². The summed E-state index contributed by atoms with van der Waals surface area (Å²) in [5, 5.41) is 4.12. The highest BCUT2D eigenvalue weighted by Gasteiger charge is 2.17. The molecular formula is C21H25N3O3S2. The van der Waals surface area contributed by atoms with E-state index in [1.807, 2.05) is 51.1 Å². The molecule has 0 saturated heterocycles. The van der Waals surface area contributed by atoms with Crippen LogP contribution in [0.15, 0.2) is 40.3 Å². The molecular weight excluding hydrogens is 406 g/mol. The molecule has 0 bridgehead atoms. The number of thiophene rings is 1. The Kier molecular flexibility index (Phi) is 7.46. The van der Waals surface area contributed by atoms with E-state index < -0.39 is 0 Å². The third kappa shape index (κ3) is 5.26. The van der Waals surface area contributed by atoms with Gasteiger partial charge >= 0.3 is 0 Å². The van der Waals surface area contributed by atoms with Crippen LogP contribution in [0.25, 0.3) is 10.2 Å². The molecule has 29 heavy (non-hydrogen) atoms. The van der Waals surface area contributed by atoms with Gasteiger partial charge in [-0.3, -0.25) is 14.2 Å². The minimum Gasteiger partial charge on any atom is -0.382 e. The monoisotopic (exact) mass is 431 g/mol. The standard InChI is InChI=1S/C21H25N3O3S2/c1-4-27-12-8-11-24-20(26)18-14(2)15(3)29-19(18)23-21(24)28-13-17(25)22-16-9-6-5-7-10-16/h5-7,9-10H,4,8,11-13H2,1-3H3,(H,22,25). The molecule has 6 nitrogen and oxygen atoms in total. The third-order valence-corrected chi connectivity index (χ3v) is 6.60. The van der Waals surface area contributed by atoms with Crippen molar-refractivity contribution >= 4 is 44.9 Å². The highest BCUT2D eigenvalue weighted by Crippen LogP contribution is 2.28. The van der Waals surface area contributed by atoms with Gasteiger partial charge in [0, 0.05) is 30.3 Å². The van der Waals surface area contributed by atoms with Gasteiger partial charge in [-0.25, -0.2) is 4.98 Å². The summed E-state index contributed by atoms with van der Waals surface area (Å²) in [5.41, 5.74) is 1.69. The van der Waals surface area contributed by atoms with Gasteiger partial charge < -0.3 is 10.1 Å². The highest BCUT2D eigenvalue weighted by molar-refractivity contribution is 7.99. The number of ether oxygens (including phenoxy) is 1. The molecule has 0 aliphatic heterocycles. The van der Waals surface area contributed by atoms with Gasteiger partial charge in [0.15, 0.2) is 5.16 Å². The highest BCUT2D eigenvalue weighted by atomic mass is 32.2. The Morgan fingerprint density at radius 3 is 2.76 bits per heavy atom. The Morgan fingerprint density at radius 1 is 1.28 bits per heavy atom. The number of nitrogens with one attached hydrogen (secondary N) is 1. The van der Waals surface area contributed by atoms with Crippen LogP contribution in [0, 0.1) is 13.8 Å². The summed E-state index contributed by atoms with van der Waals surface area (Å²) >= 11 is 2.81.